The molecule has 3 aromatic carbocycles. The molecule has 150 valence electrons. The van der Waals surface area contributed by atoms with Crippen LogP contribution in [0, 0.1) is 6.92 Å². The second-order valence-corrected chi connectivity index (χ2v) is 8.09. The number of thioether (sulfide) groups is 1. The van der Waals surface area contributed by atoms with Crippen LogP contribution < -0.4 is 4.74 Å². The Morgan fingerprint density at radius 3 is 2.27 bits per heavy atom. The number of nitrogens with zero attached hydrogens (tertiary/aromatic N) is 1. The molecule has 0 bridgehead atoms. The number of carbonyl (C=O) groups excluding carboxylic acids is 2. The van der Waals surface area contributed by atoms with Crippen molar-refractivity contribution >= 4 is 29.0 Å². The van der Waals surface area contributed by atoms with E-state index in [1.54, 1.807) is 6.08 Å². The number of rotatable bonds is 6. The van der Waals surface area contributed by atoms with Crippen LogP contribution in [0.4, 0.5) is 4.79 Å². The second-order valence-electron chi connectivity index (χ2n) is 7.10. The zero-order valence-corrected chi connectivity index (χ0v) is 17.4. The van der Waals surface area contributed by atoms with Gasteiger partial charge in [-0.25, -0.2) is 0 Å². The molecule has 1 aliphatic rings. The van der Waals surface area contributed by atoms with Crippen LogP contribution in [0.5, 0.6) is 5.75 Å². The van der Waals surface area contributed by atoms with Crippen molar-refractivity contribution < 1.29 is 14.3 Å². The van der Waals surface area contributed by atoms with Gasteiger partial charge in [-0.05, 0) is 53.6 Å². The number of imide groups is 1. The van der Waals surface area contributed by atoms with Crippen molar-refractivity contribution in [2.24, 2.45) is 0 Å². The lowest BCUT2D eigenvalue weighted by molar-refractivity contribution is -0.123. The van der Waals surface area contributed by atoms with E-state index in [-0.39, 0.29) is 17.7 Å². The van der Waals surface area contributed by atoms with Crippen LogP contribution in [0.2, 0.25) is 0 Å². The average molecular weight is 416 g/mol. The summed E-state index contributed by atoms with van der Waals surface area (Å²) in [7, 11) is 0. The highest BCUT2D eigenvalue weighted by molar-refractivity contribution is 8.18. The van der Waals surface area contributed by atoms with E-state index in [9.17, 15) is 9.59 Å². The van der Waals surface area contributed by atoms with Crippen LogP contribution in [-0.4, -0.2) is 16.0 Å². The van der Waals surface area contributed by atoms with Gasteiger partial charge < -0.3 is 4.74 Å². The number of hydrogen-bond acceptors (Lipinski definition) is 4. The maximum atomic E-state index is 12.7. The molecule has 1 aliphatic heterocycles. The Morgan fingerprint density at radius 1 is 0.867 bits per heavy atom. The van der Waals surface area contributed by atoms with Crippen molar-refractivity contribution in [1.29, 1.82) is 0 Å². The van der Waals surface area contributed by atoms with Gasteiger partial charge in [0, 0.05) is 0 Å². The summed E-state index contributed by atoms with van der Waals surface area (Å²) in [5.41, 5.74) is 4.03. The highest BCUT2D eigenvalue weighted by Crippen LogP contribution is 2.33. The molecule has 2 amide bonds. The van der Waals surface area contributed by atoms with E-state index >= 15 is 0 Å². The average Bonchev–Trinajstić information content (AvgIpc) is 3.03. The molecule has 0 unspecified atom stereocenters. The van der Waals surface area contributed by atoms with Crippen LogP contribution in [0.25, 0.3) is 6.08 Å². The van der Waals surface area contributed by atoms with Gasteiger partial charge in [0.2, 0.25) is 0 Å². The number of aryl methyl sites for hydroxylation is 1. The smallest absolute Gasteiger partial charge is 0.293 e. The van der Waals surface area contributed by atoms with E-state index < -0.39 is 0 Å². The lowest BCUT2D eigenvalue weighted by Crippen LogP contribution is -2.27. The molecule has 4 nitrogen and oxygen atoms in total. The summed E-state index contributed by atoms with van der Waals surface area (Å²) in [6.07, 6.45) is 1.75. The predicted octanol–water partition coefficient (Wildman–Crippen LogP) is 5.81. The molecule has 0 aliphatic carbocycles. The molecule has 1 fully saturated rings. The quantitative estimate of drug-likeness (QED) is 0.477. The van der Waals surface area contributed by atoms with Crippen molar-refractivity contribution in [1.82, 2.24) is 4.90 Å². The topological polar surface area (TPSA) is 46.6 Å². The summed E-state index contributed by atoms with van der Waals surface area (Å²) in [6, 6.07) is 25.3. The molecule has 0 N–H and O–H groups in total. The normalized spacial score (nSPS) is 15.1. The molecule has 5 heteroatoms. The van der Waals surface area contributed by atoms with Crippen molar-refractivity contribution in [3.05, 3.63) is 106 Å². The lowest BCUT2D eigenvalue weighted by atomic mass is 10.1. The van der Waals surface area contributed by atoms with Gasteiger partial charge in [-0.3, -0.25) is 14.5 Å². The molecule has 1 heterocycles. The van der Waals surface area contributed by atoms with E-state index in [1.165, 1.54) is 4.90 Å². The molecule has 0 aromatic heterocycles. The fourth-order valence-corrected chi connectivity index (χ4v) is 3.90. The van der Waals surface area contributed by atoms with E-state index in [0.29, 0.717) is 11.5 Å². The molecule has 0 radical (unpaired) electrons. The number of carbonyl (C=O) groups is 2. The Balaban J connectivity index is 1.41. The van der Waals surface area contributed by atoms with Crippen LogP contribution in [0.15, 0.2) is 83.8 Å². The van der Waals surface area contributed by atoms with Gasteiger partial charge in [0.1, 0.15) is 12.4 Å². The summed E-state index contributed by atoms with van der Waals surface area (Å²) in [4.78, 5) is 26.8. The molecule has 4 rings (SSSR count). The molecule has 30 heavy (non-hydrogen) atoms. The predicted molar refractivity (Wildman–Crippen MR) is 120 cm³/mol. The summed E-state index contributed by atoms with van der Waals surface area (Å²) in [5, 5.41) is -0.241. The van der Waals surface area contributed by atoms with Crippen LogP contribution >= 0.6 is 11.8 Å². The molecular formula is C25H21NO3S. The zero-order chi connectivity index (χ0) is 20.9. The summed E-state index contributed by atoms with van der Waals surface area (Å²) < 4.78 is 5.79. The summed E-state index contributed by atoms with van der Waals surface area (Å²) in [5.74, 6) is 0.499. The van der Waals surface area contributed by atoms with Crippen molar-refractivity contribution in [3.63, 3.8) is 0 Å². The van der Waals surface area contributed by atoms with E-state index in [1.807, 2.05) is 85.8 Å². The molecule has 1 saturated heterocycles. The minimum absolute atomic E-state index is 0.241. The van der Waals surface area contributed by atoms with Crippen molar-refractivity contribution in [2.45, 2.75) is 20.1 Å². The largest absolute Gasteiger partial charge is 0.489 e. The van der Waals surface area contributed by atoms with Gasteiger partial charge in [0.05, 0.1) is 11.4 Å². The maximum Gasteiger partial charge on any atom is 0.293 e. The minimum Gasteiger partial charge on any atom is -0.489 e. The van der Waals surface area contributed by atoms with Crippen molar-refractivity contribution in [3.8, 4) is 5.75 Å². The monoisotopic (exact) mass is 415 g/mol. The van der Waals surface area contributed by atoms with Gasteiger partial charge in [-0.15, -0.1) is 0 Å². The summed E-state index contributed by atoms with van der Waals surface area (Å²) >= 11 is 0.978. The van der Waals surface area contributed by atoms with Gasteiger partial charge >= 0.3 is 0 Å². The Morgan fingerprint density at radius 2 is 1.57 bits per heavy atom. The number of ether oxygens (including phenoxy) is 1. The van der Waals surface area contributed by atoms with Crippen molar-refractivity contribution in [2.75, 3.05) is 0 Å². The Kier molecular flexibility index (Phi) is 6.00. The third-order valence-electron chi connectivity index (χ3n) is 4.76. The fraction of sp³-hybridized carbons (Fsp3) is 0.120. The molecule has 0 saturated carbocycles. The van der Waals surface area contributed by atoms with Crippen LogP contribution in [-0.2, 0) is 17.9 Å². The lowest BCUT2D eigenvalue weighted by Gasteiger charge is -2.12. The fourth-order valence-electron chi connectivity index (χ4n) is 3.06. The zero-order valence-electron chi connectivity index (χ0n) is 16.6. The standard InChI is InChI=1S/C25H21NO3S/c1-18-7-9-20(10-8-18)16-26-24(27)23(30-25(26)28)15-19-11-13-22(14-12-19)29-17-21-5-3-2-4-6-21/h2-15H,16-17H2,1H3/b23-15+. The first-order chi connectivity index (χ1) is 14.6. The molecule has 3 aromatic rings. The van der Waals surface area contributed by atoms with Gasteiger partial charge in [0.15, 0.2) is 0 Å². The van der Waals surface area contributed by atoms with Gasteiger partial charge in [-0.1, -0.05) is 72.3 Å². The Hall–Kier alpha value is -3.31. The first kappa shape index (κ1) is 20.0. The third-order valence-corrected chi connectivity index (χ3v) is 5.67. The Bertz CT molecular complexity index is 1070. The van der Waals surface area contributed by atoms with Crippen LogP contribution in [0.1, 0.15) is 22.3 Å². The van der Waals surface area contributed by atoms with E-state index in [4.69, 9.17) is 4.74 Å². The molecule has 0 atom stereocenters. The maximum absolute atomic E-state index is 12.7. The SMILES string of the molecule is Cc1ccc(CN2C(=O)S/C(=C/c3ccc(OCc4ccccc4)cc3)C2=O)cc1. The Labute approximate surface area is 180 Å². The third kappa shape index (κ3) is 4.81. The highest BCUT2D eigenvalue weighted by atomic mass is 32.2. The number of benzene rings is 3. The second kappa shape index (κ2) is 9.01. The first-order valence-corrected chi connectivity index (χ1v) is 10.5. The number of amides is 2. The van der Waals surface area contributed by atoms with Gasteiger partial charge in [-0.2, -0.15) is 0 Å². The van der Waals surface area contributed by atoms with E-state index in [0.717, 1.165) is 39.8 Å². The highest BCUT2D eigenvalue weighted by Gasteiger charge is 2.34. The van der Waals surface area contributed by atoms with Gasteiger partial charge in [0.25, 0.3) is 11.1 Å². The molecule has 0 spiro atoms. The van der Waals surface area contributed by atoms with Crippen LogP contribution in [0.3, 0.4) is 0 Å². The molecular weight excluding hydrogens is 394 g/mol. The first-order valence-electron chi connectivity index (χ1n) is 9.66. The number of hydrogen-bond donors (Lipinski definition) is 0. The van der Waals surface area contributed by atoms with E-state index in [2.05, 4.69) is 0 Å². The minimum atomic E-state index is -0.255. The summed E-state index contributed by atoms with van der Waals surface area (Å²) in [6.45, 7) is 2.79.